The summed E-state index contributed by atoms with van der Waals surface area (Å²) < 4.78 is 24.2. The number of carboxylic acid groups (broad SMARTS) is 1. The van der Waals surface area contributed by atoms with E-state index in [1.54, 1.807) is 0 Å². The van der Waals surface area contributed by atoms with Gasteiger partial charge in [-0.1, -0.05) is 65.4 Å². The Labute approximate surface area is 189 Å². The van der Waals surface area contributed by atoms with Gasteiger partial charge in [0.1, 0.15) is 23.7 Å². The summed E-state index contributed by atoms with van der Waals surface area (Å²) in [6.07, 6.45) is -3.84. The number of ether oxygens (including phenoxy) is 4. The van der Waals surface area contributed by atoms with Crippen molar-refractivity contribution in [1.29, 1.82) is 0 Å². The van der Waals surface area contributed by atoms with Gasteiger partial charge in [-0.05, 0) is 24.6 Å². The molecule has 0 saturated carbocycles. The van der Waals surface area contributed by atoms with Crippen LogP contribution in [-0.4, -0.2) is 53.6 Å². The zero-order chi connectivity index (χ0) is 22.5. The van der Waals surface area contributed by atoms with Crippen LogP contribution in [-0.2, 0) is 23.7 Å². The molecule has 0 aliphatic carbocycles. The highest BCUT2D eigenvalue weighted by atomic mass is 32.2. The van der Waals surface area contributed by atoms with Gasteiger partial charge in [-0.15, -0.1) is 0 Å². The lowest BCUT2D eigenvalue weighted by atomic mass is 9.96. The summed E-state index contributed by atoms with van der Waals surface area (Å²) in [5, 5.41) is 13.4. The molecular formula is C22H23N3O6S. The molecule has 2 fully saturated rings. The van der Waals surface area contributed by atoms with E-state index in [0.29, 0.717) is 0 Å². The third-order valence-corrected chi connectivity index (χ3v) is 6.43. The van der Waals surface area contributed by atoms with Gasteiger partial charge in [0.25, 0.3) is 0 Å². The van der Waals surface area contributed by atoms with Crippen molar-refractivity contribution >= 4 is 17.7 Å². The molecule has 0 radical (unpaired) electrons. The van der Waals surface area contributed by atoms with Crippen molar-refractivity contribution in [3.8, 4) is 0 Å². The number of carbonyl (C=O) groups is 1. The third kappa shape index (κ3) is 5.07. The van der Waals surface area contributed by atoms with E-state index in [1.807, 2.05) is 60.7 Å². The number of rotatable bonds is 7. The van der Waals surface area contributed by atoms with Gasteiger partial charge in [-0.25, -0.2) is 4.79 Å². The fraction of sp³-hybridized carbons (Fsp3) is 0.409. The molecule has 0 bridgehead atoms. The largest absolute Gasteiger partial charge is 0.479 e. The predicted octanol–water partition coefficient (Wildman–Crippen LogP) is 4.16. The van der Waals surface area contributed by atoms with Crippen LogP contribution in [0, 0.1) is 0 Å². The maximum atomic E-state index is 11.5. The van der Waals surface area contributed by atoms with Crippen molar-refractivity contribution in [1.82, 2.24) is 0 Å². The number of nitrogens with zero attached hydrogens (tertiary/aromatic N) is 3. The minimum Gasteiger partial charge on any atom is -0.479 e. The highest BCUT2D eigenvalue weighted by molar-refractivity contribution is 7.99. The Morgan fingerprint density at radius 2 is 1.88 bits per heavy atom. The number of hydrogen-bond acceptors (Lipinski definition) is 7. The minimum absolute atomic E-state index is 0.223. The van der Waals surface area contributed by atoms with Gasteiger partial charge in [0.2, 0.25) is 0 Å². The summed E-state index contributed by atoms with van der Waals surface area (Å²) in [7, 11) is 0. The first kappa shape index (κ1) is 22.6. The number of azide groups is 1. The van der Waals surface area contributed by atoms with Crippen molar-refractivity contribution in [3.63, 3.8) is 0 Å². The Morgan fingerprint density at radius 1 is 1.19 bits per heavy atom. The van der Waals surface area contributed by atoms with E-state index in [2.05, 4.69) is 10.0 Å². The first-order valence-corrected chi connectivity index (χ1v) is 11.1. The molecule has 2 aliphatic heterocycles. The summed E-state index contributed by atoms with van der Waals surface area (Å²) in [5.74, 6) is -1.12. The molecule has 1 N–H and O–H groups in total. The van der Waals surface area contributed by atoms with Gasteiger partial charge < -0.3 is 24.1 Å². The van der Waals surface area contributed by atoms with Crippen molar-refractivity contribution < 1.29 is 28.8 Å². The topological polar surface area (TPSA) is 123 Å². The van der Waals surface area contributed by atoms with E-state index in [9.17, 15) is 15.4 Å². The number of carboxylic acids is 1. The Morgan fingerprint density at radius 3 is 2.53 bits per heavy atom. The molecule has 1 unspecified atom stereocenters. The average molecular weight is 458 g/mol. The molecule has 0 amide bonds. The van der Waals surface area contributed by atoms with Crippen LogP contribution in [0.4, 0.5) is 0 Å². The van der Waals surface area contributed by atoms with Gasteiger partial charge in [0.05, 0.1) is 12.7 Å². The van der Waals surface area contributed by atoms with Crippen LogP contribution in [0.25, 0.3) is 10.4 Å². The predicted molar refractivity (Wildman–Crippen MR) is 116 cm³/mol. The van der Waals surface area contributed by atoms with E-state index in [-0.39, 0.29) is 6.61 Å². The van der Waals surface area contributed by atoms with Gasteiger partial charge in [0.15, 0.2) is 12.4 Å². The number of hydrogen-bond donors (Lipinski definition) is 1. The van der Waals surface area contributed by atoms with Crippen LogP contribution >= 0.6 is 11.8 Å². The van der Waals surface area contributed by atoms with Gasteiger partial charge >= 0.3 is 5.97 Å². The van der Waals surface area contributed by atoms with Gasteiger partial charge in [-0.2, -0.15) is 0 Å². The zero-order valence-electron chi connectivity index (χ0n) is 17.3. The number of aliphatic carboxylic acids is 1. The standard InChI is InChI=1S/C22H23N3O6S/c1-13(20(26)27)29-19-17(24-25-23)22(32-15-10-6-3-7-11-15)30-16-12-28-21(31-18(16)19)14-8-4-2-5-9-14/h2-11,13,16-19,21-22H,12H2,1H3,(H,26,27)/t13-,16-,17-,18-,19-,21?,22-/m1/s1. The first-order chi connectivity index (χ1) is 15.6. The van der Waals surface area contributed by atoms with E-state index in [0.717, 1.165) is 10.5 Å². The highest BCUT2D eigenvalue weighted by Crippen LogP contribution is 2.41. The Balaban J connectivity index is 1.63. The highest BCUT2D eigenvalue weighted by Gasteiger charge is 2.51. The van der Waals surface area contributed by atoms with Crippen molar-refractivity contribution in [2.24, 2.45) is 5.11 Å². The van der Waals surface area contributed by atoms with Crippen LogP contribution in [0.3, 0.4) is 0 Å². The second kappa shape index (κ2) is 10.4. The summed E-state index contributed by atoms with van der Waals surface area (Å²) in [6.45, 7) is 1.66. The average Bonchev–Trinajstić information content (AvgIpc) is 2.82. The summed E-state index contributed by atoms with van der Waals surface area (Å²) in [5.41, 5.74) is 9.45. The monoisotopic (exact) mass is 457 g/mol. The molecule has 7 atom stereocenters. The molecule has 0 spiro atoms. The SMILES string of the molecule is C[C@@H](O[C@@H]1[C@@H](N=[N+]=[N-])[C@@H](Sc2ccccc2)O[C@@H]2COC(c3ccccc3)O[C@@H]12)C(=O)O. The second-order valence-electron chi connectivity index (χ2n) is 7.43. The molecule has 9 nitrogen and oxygen atoms in total. The molecule has 0 aromatic heterocycles. The number of benzene rings is 2. The maximum absolute atomic E-state index is 11.5. The van der Waals surface area contributed by atoms with Crippen LogP contribution in [0.1, 0.15) is 18.8 Å². The maximum Gasteiger partial charge on any atom is 0.332 e. The first-order valence-electron chi connectivity index (χ1n) is 10.2. The normalized spacial score (nSPS) is 30.5. The summed E-state index contributed by atoms with van der Waals surface area (Å²) in [6, 6.07) is 18.1. The molecule has 4 rings (SSSR count). The molecule has 10 heteroatoms. The second-order valence-corrected chi connectivity index (χ2v) is 8.60. The Hall–Kier alpha value is -2.59. The van der Waals surface area contributed by atoms with Crippen molar-refractivity contribution in [2.75, 3.05) is 6.61 Å². The summed E-state index contributed by atoms with van der Waals surface area (Å²) >= 11 is 1.38. The fourth-order valence-corrected chi connectivity index (χ4v) is 4.83. The van der Waals surface area contributed by atoms with Gasteiger partial charge in [-0.3, -0.25) is 0 Å². The Kier molecular flexibility index (Phi) is 7.31. The molecule has 32 heavy (non-hydrogen) atoms. The van der Waals surface area contributed by atoms with Crippen LogP contribution < -0.4 is 0 Å². The number of thioether (sulfide) groups is 1. The summed E-state index contributed by atoms with van der Waals surface area (Å²) in [4.78, 5) is 15.4. The van der Waals surface area contributed by atoms with E-state index < -0.39 is 48.2 Å². The van der Waals surface area contributed by atoms with Crippen molar-refractivity contribution in [3.05, 3.63) is 76.7 Å². The molecule has 2 saturated heterocycles. The fourth-order valence-electron chi connectivity index (χ4n) is 3.70. The smallest absolute Gasteiger partial charge is 0.332 e. The molecule has 2 heterocycles. The van der Waals surface area contributed by atoms with Gasteiger partial charge in [0, 0.05) is 15.4 Å². The van der Waals surface area contributed by atoms with E-state index in [1.165, 1.54) is 18.7 Å². The van der Waals surface area contributed by atoms with Crippen LogP contribution in [0.5, 0.6) is 0 Å². The molecular weight excluding hydrogens is 434 g/mol. The van der Waals surface area contributed by atoms with Crippen LogP contribution in [0.15, 0.2) is 70.7 Å². The van der Waals surface area contributed by atoms with Crippen molar-refractivity contribution in [2.45, 2.75) is 54.0 Å². The number of fused-ring (bicyclic) bond motifs is 1. The van der Waals surface area contributed by atoms with Crippen LogP contribution in [0.2, 0.25) is 0 Å². The van der Waals surface area contributed by atoms with E-state index in [4.69, 9.17) is 18.9 Å². The zero-order valence-corrected chi connectivity index (χ0v) is 18.1. The molecule has 2 aromatic rings. The lowest BCUT2D eigenvalue weighted by Gasteiger charge is -2.48. The molecule has 2 aromatic carbocycles. The lowest BCUT2D eigenvalue weighted by Crippen LogP contribution is -2.62. The quantitative estimate of drug-likeness (QED) is 0.376. The molecule has 2 aliphatic rings. The Bertz CT molecular complexity index is 959. The third-order valence-electron chi connectivity index (χ3n) is 5.27. The minimum atomic E-state index is -1.13. The lowest BCUT2D eigenvalue weighted by molar-refractivity contribution is -0.312. The molecule has 168 valence electrons. The van der Waals surface area contributed by atoms with E-state index >= 15 is 0 Å².